The average Bonchev–Trinajstić information content (AvgIpc) is 3.67. The second-order valence-electron chi connectivity index (χ2n) is 12.4. The zero-order valence-electron chi connectivity index (χ0n) is 24.9. The average molecular weight is 612 g/mol. The monoisotopic (exact) mass is 611 g/mol. The third-order valence-corrected chi connectivity index (χ3v) is 8.98. The zero-order valence-corrected chi connectivity index (χ0v) is 25.7. The van der Waals surface area contributed by atoms with Crippen molar-refractivity contribution in [2.75, 3.05) is 11.4 Å². The van der Waals surface area contributed by atoms with Gasteiger partial charge in [0.1, 0.15) is 23.6 Å². The van der Waals surface area contributed by atoms with E-state index in [-0.39, 0.29) is 18.4 Å². The number of carbonyl (C=O) groups is 1. The molecule has 0 aliphatic heterocycles. The molecule has 0 unspecified atom stereocenters. The first-order valence-corrected chi connectivity index (χ1v) is 15.8. The van der Waals surface area contributed by atoms with Crippen LogP contribution >= 0.6 is 11.3 Å². The number of benzene rings is 3. The summed E-state index contributed by atoms with van der Waals surface area (Å²) in [6.07, 6.45) is 6.18. The van der Waals surface area contributed by atoms with Gasteiger partial charge < -0.3 is 19.2 Å². The Morgan fingerprint density at radius 3 is 2.41 bits per heavy atom. The predicted octanol–water partition coefficient (Wildman–Crippen LogP) is 9.88. The Bertz CT molecular complexity index is 1690. The summed E-state index contributed by atoms with van der Waals surface area (Å²) in [7, 11) is 0. The van der Waals surface area contributed by atoms with Crippen molar-refractivity contribution in [3.63, 3.8) is 0 Å². The van der Waals surface area contributed by atoms with Crippen molar-refractivity contribution in [1.29, 1.82) is 0 Å². The lowest BCUT2D eigenvalue weighted by Gasteiger charge is -2.29. The molecule has 5 aromatic rings. The van der Waals surface area contributed by atoms with Crippen molar-refractivity contribution < 1.29 is 19.1 Å². The Balaban J connectivity index is 0.00000384. The summed E-state index contributed by atoms with van der Waals surface area (Å²) >= 11 is 1.54. The van der Waals surface area contributed by atoms with Crippen LogP contribution in [-0.4, -0.2) is 27.6 Å². The molecule has 8 heteroatoms. The number of rotatable bonds is 9. The number of anilines is 2. The van der Waals surface area contributed by atoms with E-state index in [0.717, 1.165) is 34.2 Å². The minimum absolute atomic E-state index is 0. The molecular formula is C36H41N3O4S. The van der Waals surface area contributed by atoms with Gasteiger partial charge in [-0.3, -0.25) is 0 Å². The number of fused-ring (bicyclic) bond motifs is 1. The van der Waals surface area contributed by atoms with Crippen LogP contribution in [0.3, 0.4) is 0 Å². The number of carboxylic acids is 1. The van der Waals surface area contributed by atoms with Gasteiger partial charge in [0.25, 0.3) is 0 Å². The second kappa shape index (κ2) is 13.2. The van der Waals surface area contributed by atoms with Crippen molar-refractivity contribution in [1.82, 2.24) is 9.97 Å². The number of carboxylic acid groups (broad SMARTS) is 1. The van der Waals surface area contributed by atoms with E-state index in [2.05, 4.69) is 49.9 Å². The molecule has 6 rings (SSSR count). The number of oxazole rings is 1. The number of thiazole rings is 1. The van der Waals surface area contributed by atoms with Gasteiger partial charge in [0.05, 0.1) is 5.56 Å². The van der Waals surface area contributed by atoms with Crippen molar-refractivity contribution >= 4 is 39.2 Å². The number of aromatic nitrogens is 2. The van der Waals surface area contributed by atoms with Crippen LogP contribution in [0.15, 0.2) is 76.5 Å². The standard InChI is InChI=1S/C35H37N3O4S.CH4/c1-35(2,3)26-13-9-24(10-14-26)21-41-28-17-18-29-31(19-28)42-32(36-29)30-22-43-34(37-30)38(20-23-7-5-4-6-8-23)27-15-11-25(12-16-27)33(39)40;/h9-19,22-23H,4-8,20-21H2,1-3H3,(H,39,40);1H4. The molecule has 3 aromatic carbocycles. The molecule has 1 aliphatic carbocycles. The molecule has 1 fully saturated rings. The molecule has 0 spiro atoms. The molecule has 1 N–H and O–H groups in total. The molecule has 1 aliphatic rings. The van der Waals surface area contributed by atoms with Crippen LogP contribution < -0.4 is 9.64 Å². The molecule has 0 atom stereocenters. The Morgan fingerprint density at radius 1 is 1.00 bits per heavy atom. The number of ether oxygens (including phenoxy) is 1. The van der Waals surface area contributed by atoms with Gasteiger partial charge in [-0.1, -0.05) is 71.7 Å². The van der Waals surface area contributed by atoms with Crippen LogP contribution in [0.4, 0.5) is 10.8 Å². The molecule has 7 nitrogen and oxygen atoms in total. The maximum absolute atomic E-state index is 11.4. The summed E-state index contributed by atoms with van der Waals surface area (Å²) < 4.78 is 12.2. The minimum atomic E-state index is -0.929. The summed E-state index contributed by atoms with van der Waals surface area (Å²) in [4.78, 5) is 23.3. The maximum Gasteiger partial charge on any atom is 0.335 e. The smallest absolute Gasteiger partial charge is 0.335 e. The number of aromatic carboxylic acids is 1. The minimum Gasteiger partial charge on any atom is -0.489 e. The number of hydrogen-bond acceptors (Lipinski definition) is 7. The highest BCUT2D eigenvalue weighted by Gasteiger charge is 2.23. The van der Waals surface area contributed by atoms with Crippen molar-refractivity contribution in [2.24, 2.45) is 5.92 Å². The van der Waals surface area contributed by atoms with E-state index in [1.807, 2.05) is 35.7 Å². The van der Waals surface area contributed by atoms with Crippen LogP contribution in [0.1, 0.15) is 81.8 Å². The van der Waals surface area contributed by atoms with E-state index in [1.165, 1.54) is 37.7 Å². The molecule has 0 radical (unpaired) electrons. The van der Waals surface area contributed by atoms with Crippen LogP contribution in [0.25, 0.3) is 22.7 Å². The highest BCUT2D eigenvalue weighted by atomic mass is 32.1. The van der Waals surface area contributed by atoms with E-state index >= 15 is 0 Å². The molecule has 2 heterocycles. The Labute approximate surface area is 263 Å². The molecule has 230 valence electrons. The molecule has 2 aromatic heterocycles. The van der Waals surface area contributed by atoms with Crippen LogP contribution in [-0.2, 0) is 12.0 Å². The molecular weight excluding hydrogens is 570 g/mol. The number of nitrogens with zero attached hydrogens (tertiary/aromatic N) is 3. The lowest BCUT2D eigenvalue weighted by molar-refractivity contribution is 0.0697. The fraction of sp³-hybridized carbons (Fsp3) is 0.361. The highest BCUT2D eigenvalue weighted by Crippen LogP contribution is 2.36. The van der Waals surface area contributed by atoms with E-state index in [1.54, 1.807) is 23.5 Å². The van der Waals surface area contributed by atoms with Gasteiger partial charge in [0, 0.05) is 23.7 Å². The molecule has 1 saturated carbocycles. The van der Waals surface area contributed by atoms with E-state index in [0.29, 0.717) is 29.7 Å². The van der Waals surface area contributed by atoms with Gasteiger partial charge in [0.15, 0.2) is 10.7 Å². The fourth-order valence-electron chi connectivity index (χ4n) is 5.56. The Kier molecular flexibility index (Phi) is 9.39. The summed E-state index contributed by atoms with van der Waals surface area (Å²) in [5.74, 6) is 0.824. The summed E-state index contributed by atoms with van der Waals surface area (Å²) in [5.41, 5.74) is 5.80. The SMILES string of the molecule is C.CC(C)(C)c1ccc(COc2ccc3nc(-c4csc(N(CC5CCCCC5)c5ccc(C(=O)O)cc5)n4)oc3c2)cc1. The fourth-order valence-corrected chi connectivity index (χ4v) is 6.39. The number of hydrogen-bond donors (Lipinski definition) is 1. The van der Waals surface area contributed by atoms with Crippen molar-refractivity contribution in [3.8, 4) is 17.3 Å². The lowest BCUT2D eigenvalue weighted by Crippen LogP contribution is -2.26. The van der Waals surface area contributed by atoms with Gasteiger partial charge in [-0.05, 0) is 71.7 Å². The van der Waals surface area contributed by atoms with E-state index < -0.39 is 5.97 Å². The Morgan fingerprint density at radius 2 is 1.73 bits per heavy atom. The van der Waals surface area contributed by atoms with Gasteiger partial charge in [-0.2, -0.15) is 0 Å². The first-order valence-electron chi connectivity index (χ1n) is 14.9. The van der Waals surface area contributed by atoms with Crippen LogP contribution in [0.2, 0.25) is 0 Å². The normalized spacial score (nSPS) is 13.9. The zero-order chi connectivity index (χ0) is 30.0. The molecule has 0 bridgehead atoms. The second-order valence-corrected chi connectivity index (χ2v) is 13.2. The Hall–Kier alpha value is -4.17. The highest BCUT2D eigenvalue weighted by molar-refractivity contribution is 7.14. The maximum atomic E-state index is 11.4. The third kappa shape index (κ3) is 7.13. The van der Waals surface area contributed by atoms with Gasteiger partial charge >= 0.3 is 5.97 Å². The van der Waals surface area contributed by atoms with Crippen molar-refractivity contribution in [3.05, 3.63) is 88.8 Å². The van der Waals surface area contributed by atoms with Gasteiger partial charge in [-0.25, -0.2) is 14.8 Å². The van der Waals surface area contributed by atoms with Gasteiger partial charge in [0.2, 0.25) is 5.89 Å². The van der Waals surface area contributed by atoms with Crippen LogP contribution in [0.5, 0.6) is 5.75 Å². The van der Waals surface area contributed by atoms with Crippen LogP contribution in [0, 0.1) is 5.92 Å². The predicted molar refractivity (Wildman–Crippen MR) is 178 cm³/mol. The van der Waals surface area contributed by atoms with E-state index in [9.17, 15) is 9.90 Å². The molecule has 44 heavy (non-hydrogen) atoms. The first-order chi connectivity index (χ1) is 20.7. The van der Waals surface area contributed by atoms with Gasteiger partial charge in [-0.15, -0.1) is 11.3 Å². The lowest BCUT2D eigenvalue weighted by atomic mass is 9.87. The molecule has 0 amide bonds. The summed E-state index contributed by atoms with van der Waals surface area (Å²) in [5, 5.41) is 12.2. The summed E-state index contributed by atoms with van der Waals surface area (Å²) in [6, 6.07) is 21.3. The van der Waals surface area contributed by atoms with E-state index in [4.69, 9.17) is 19.1 Å². The topological polar surface area (TPSA) is 88.7 Å². The first kappa shape index (κ1) is 31.3. The van der Waals surface area contributed by atoms with Crippen molar-refractivity contribution in [2.45, 2.75) is 72.3 Å². The third-order valence-electron chi connectivity index (χ3n) is 8.12. The largest absolute Gasteiger partial charge is 0.489 e. The quantitative estimate of drug-likeness (QED) is 0.177. The molecule has 0 saturated heterocycles. The summed E-state index contributed by atoms with van der Waals surface area (Å²) in [6.45, 7) is 7.94.